The maximum absolute atomic E-state index is 12.4. The van der Waals surface area contributed by atoms with E-state index in [0.29, 0.717) is 11.7 Å². The molecule has 1 fully saturated rings. The van der Waals surface area contributed by atoms with Crippen molar-refractivity contribution in [3.05, 3.63) is 30.0 Å². The molecule has 5 nitrogen and oxygen atoms in total. The van der Waals surface area contributed by atoms with E-state index < -0.39 is 0 Å². The number of piperazine rings is 1. The Morgan fingerprint density at radius 2 is 2.28 bits per heavy atom. The Kier molecular flexibility index (Phi) is 2.76. The summed E-state index contributed by atoms with van der Waals surface area (Å²) in [5.41, 5.74) is 1.43. The van der Waals surface area contributed by atoms with Crippen molar-refractivity contribution in [1.29, 1.82) is 0 Å². The molecule has 1 amide bonds. The third-order valence-corrected chi connectivity index (χ3v) is 3.33. The van der Waals surface area contributed by atoms with Crippen molar-refractivity contribution in [3.63, 3.8) is 0 Å². The Balaban J connectivity index is 1.92. The Bertz CT molecular complexity index is 577. The number of aromatic nitrogens is 2. The number of para-hydroxylation sites is 1. The number of amides is 1. The van der Waals surface area contributed by atoms with Crippen molar-refractivity contribution >= 4 is 16.8 Å². The van der Waals surface area contributed by atoms with E-state index in [1.54, 1.807) is 0 Å². The summed E-state index contributed by atoms with van der Waals surface area (Å²) in [6, 6.07) is 8.06. The molecule has 2 N–H and O–H groups in total. The first kappa shape index (κ1) is 11.2. The van der Waals surface area contributed by atoms with E-state index >= 15 is 0 Å². The highest BCUT2D eigenvalue weighted by molar-refractivity contribution is 6.04. The molecule has 5 heteroatoms. The van der Waals surface area contributed by atoms with Crippen molar-refractivity contribution in [1.82, 2.24) is 20.4 Å². The second-order valence-electron chi connectivity index (χ2n) is 4.72. The molecule has 94 valence electrons. The maximum atomic E-state index is 12.4. The number of fused-ring (bicyclic) bond motifs is 1. The molecule has 0 spiro atoms. The molecule has 1 aliphatic rings. The highest BCUT2D eigenvalue weighted by Gasteiger charge is 2.24. The lowest BCUT2D eigenvalue weighted by Gasteiger charge is -2.31. The van der Waals surface area contributed by atoms with Crippen LogP contribution in [0.3, 0.4) is 0 Å². The monoisotopic (exact) mass is 244 g/mol. The molecule has 1 saturated heterocycles. The van der Waals surface area contributed by atoms with Gasteiger partial charge in [-0.3, -0.25) is 9.89 Å². The number of hydrogen-bond acceptors (Lipinski definition) is 3. The predicted octanol–water partition coefficient (Wildman–Crippen LogP) is 0.997. The molecule has 1 aromatic heterocycles. The first-order valence-electron chi connectivity index (χ1n) is 6.21. The van der Waals surface area contributed by atoms with Gasteiger partial charge in [-0.1, -0.05) is 18.2 Å². The topological polar surface area (TPSA) is 61.0 Å². The van der Waals surface area contributed by atoms with Crippen LogP contribution in [0.4, 0.5) is 0 Å². The van der Waals surface area contributed by atoms with E-state index in [9.17, 15) is 4.79 Å². The van der Waals surface area contributed by atoms with E-state index in [1.807, 2.05) is 29.2 Å². The SMILES string of the molecule is CC1CN(C(=O)c2n[nH]c3ccccc23)CCN1. The average Bonchev–Trinajstić information content (AvgIpc) is 2.82. The van der Waals surface area contributed by atoms with E-state index in [4.69, 9.17) is 0 Å². The number of H-pyrrole nitrogens is 1. The van der Waals surface area contributed by atoms with Crippen LogP contribution in [0, 0.1) is 0 Å². The quantitative estimate of drug-likeness (QED) is 0.786. The fourth-order valence-corrected chi connectivity index (χ4v) is 2.39. The molecule has 18 heavy (non-hydrogen) atoms. The summed E-state index contributed by atoms with van der Waals surface area (Å²) in [5.74, 6) is 0.0146. The molecule has 3 rings (SSSR count). The number of aromatic amines is 1. The van der Waals surface area contributed by atoms with Crippen molar-refractivity contribution in [3.8, 4) is 0 Å². The summed E-state index contributed by atoms with van der Waals surface area (Å²) in [7, 11) is 0. The van der Waals surface area contributed by atoms with Gasteiger partial charge in [0, 0.05) is 31.1 Å². The van der Waals surface area contributed by atoms with Crippen molar-refractivity contribution < 1.29 is 4.79 Å². The molecule has 1 aliphatic heterocycles. The van der Waals surface area contributed by atoms with Crippen LogP contribution in [-0.2, 0) is 0 Å². The van der Waals surface area contributed by atoms with Crippen LogP contribution < -0.4 is 5.32 Å². The zero-order valence-corrected chi connectivity index (χ0v) is 10.3. The first-order valence-corrected chi connectivity index (χ1v) is 6.21. The molecule has 1 atom stereocenters. The van der Waals surface area contributed by atoms with Gasteiger partial charge < -0.3 is 10.2 Å². The van der Waals surface area contributed by atoms with Crippen LogP contribution >= 0.6 is 0 Å². The maximum Gasteiger partial charge on any atom is 0.275 e. The van der Waals surface area contributed by atoms with Gasteiger partial charge in [-0.2, -0.15) is 5.10 Å². The zero-order chi connectivity index (χ0) is 12.5. The van der Waals surface area contributed by atoms with Gasteiger partial charge in [-0.25, -0.2) is 0 Å². The van der Waals surface area contributed by atoms with E-state index in [1.165, 1.54) is 0 Å². The first-order chi connectivity index (χ1) is 8.75. The Morgan fingerprint density at radius 3 is 3.11 bits per heavy atom. The summed E-state index contributed by atoms with van der Waals surface area (Å²) in [5, 5.41) is 11.3. The van der Waals surface area contributed by atoms with Crippen molar-refractivity contribution in [2.75, 3.05) is 19.6 Å². The molecule has 0 radical (unpaired) electrons. The Morgan fingerprint density at radius 1 is 1.44 bits per heavy atom. The molecular formula is C13H16N4O. The Labute approximate surface area is 105 Å². The normalized spacial score (nSPS) is 20.3. The second-order valence-corrected chi connectivity index (χ2v) is 4.72. The molecule has 0 aliphatic carbocycles. The van der Waals surface area contributed by atoms with Gasteiger partial charge in [-0.05, 0) is 13.0 Å². The summed E-state index contributed by atoms with van der Waals surface area (Å²) >= 11 is 0. The van der Waals surface area contributed by atoms with Gasteiger partial charge in [0.25, 0.3) is 5.91 Å². The van der Waals surface area contributed by atoms with E-state index in [-0.39, 0.29) is 5.91 Å². The number of benzene rings is 1. The van der Waals surface area contributed by atoms with Gasteiger partial charge >= 0.3 is 0 Å². The fraction of sp³-hybridized carbons (Fsp3) is 0.385. The number of nitrogens with zero attached hydrogens (tertiary/aromatic N) is 2. The minimum atomic E-state index is 0.0146. The lowest BCUT2D eigenvalue weighted by atomic mass is 10.1. The largest absolute Gasteiger partial charge is 0.334 e. The van der Waals surface area contributed by atoms with Crippen LogP contribution in [0.15, 0.2) is 24.3 Å². The van der Waals surface area contributed by atoms with Crippen molar-refractivity contribution in [2.45, 2.75) is 13.0 Å². The smallest absolute Gasteiger partial charge is 0.275 e. The number of nitrogens with one attached hydrogen (secondary N) is 2. The fourth-order valence-electron chi connectivity index (χ4n) is 2.39. The standard InChI is InChI=1S/C13H16N4O/c1-9-8-17(7-6-14-9)13(18)12-10-4-2-3-5-11(10)15-16-12/h2-5,9,14H,6-8H2,1H3,(H,15,16). The molecule has 0 saturated carbocycles. The predicted molar refractivity (Wildman–Crippen MR) is 69.5 cm³/mol. The highest BCUT2D eigenvalue weighted by atomic mass is 16.2. The average molecular weight is 244 g/mol. The number of rotatable bonds is 1. The number of carbonyl (C=O) groups excluding carboxylic acids is 1. The summed E-state index contributed by atoms with van der Waals surface area (Å²) in [6.45, 7) is 4.40. The lowest BCUT2D eigenvalue weighted by Crippen LogP contribution is -2.51. The minimum absolute atomic E-state index is 0.0146. The van der Waals surface area contributed by atoms with Crippen molar-refractivity contribution in [2.24, 2.45) is 0 Å². The second kappa shape index (κ2) is 4.42. The minimum Gasteiger partial charge on any atom is -0.334 e. The van der Waals surface area contributed by atoms with E-state index in [2.05, 4.69) is 22.4 Å². The summed E-state index contributed by atoms with van der Waals surface area (Å²) in [4.78, 5) is 14.3. The summed E-state index contributed by atoms with van der Waals surface area (Å²) in [6.07, 6.45) is 0. The zero-order valence-electron chi connectivity index (χ0n) is 10.3. The van der Waals surface area contributed by atoms with Crippen LogP contribution in [0.25, 0.3) is 10.9 Å². The number of hydrogen-bond donors (Lipinski definition) is 2. The van der Waals surface area contributed by atoms with Gasteiger partial charge in [-0.15, -0.1) is 0 Å². The van der Waals surface area contributed by atoms with Gasteiger partial charge in [0.05, 0.1) is 5.52 Å². The van der Waals surface area contributed by atoms with Crippen LogP contribution in [0.2, 0.25) is 0 Å². The molecule has 0 bridgehead atoms. The highest BCUT2D eigenvalue weighted by Crippen LogP contribution is 2.17. The Hall–Kier alpha value is -1.88. The van der Waals surface area contributed by atoms with Crippen LogP contribution in [-0.4, -0.2) is 46.7 Å². The third kappa shape index (κ3) is 1.86. The van der Waals surface area contributed by atoms with E-state index in [0.717, 1.165) is 30.5 Å². The lowest BCUT2D eigenvalue weighted by molar-refractivity contribution is 0.0705. The van der Waals surface area contributed by atoms with Gasteiger partial charge in [0.1, 0.15) is 0 Å². The number of carbonyl (C=O) groups is 1. The van der Waals surface area contributed by atoms with Crippen LogP contribution in [0.1, 0.15) is 17.4 Å². The third-order valence-electron chi connectivity index (χ3n) is 3.33. The molecule has 2 aromatic rings. The molecule has 1 unspecified atom stereocenters. The van der Waals surface area contributed by atoms with Crippen LogP contribution in [0.5, 0.6) is 0 Å². The summed E-state index contributed by atoms with van der Waals surface area (Å²) < 4.78 is 0. The van der Waals surface area contributed by atoms with Gasteiger partial charge in [0.2, 0.25) is 0 Å². The molecular weight excluding hydrogens is 228 g/mol. The molecule has 1 aromatic carbocycles. The molecule has 2 heterocycles. The van der Waals surface area contributed by atoms with Gasteiger partial charge in [0.15, 0.2) is 5.69 Å².